The van der Waals surface area contributed by atoms with E-state index in [4.69, 9.17) is 9.15 Å². The van der Waals surface area contributed by atoms with Crippen LogP contribution >= 0.6 is 0 Å². The lowest BCUT2D eigenvalue weighted by atomic mass is 10.0. The predicted octanol–water partition coefficient (Wildman–Crippen LogP) is 0.615. The van der Waals surface area contributed by atoms with E-state index in [2.05, 4.69) is 15.5 Å². The molecule has 0 bridgehead atoms. The summed E-state index contributed by atoms with van der Waals surface area (Å²) in [6, 6.07) is -0.500. The zero-order valence-electron chi connectivity index (χ0n) is 11.6. The Morgan fingerprint density at radius 3 is 2.90 bits per heavy atom. The Morgan fingerprint density at radius 1 is 1.45 bits per heavy atom. The van der Waals surface area contributed by atoms with Crippen LogP contribution in [0.3, 0.4) is 0 Å². The molecule has 8 heteroatoms. The van der Waals surface area contributed by atoms with Crippen LogP contribution in [0.5, 0.6) is 0 Å². The van der Waals surface area contributed by atoms with E-state index in [-0.39, 0.29) is 12.5 Å². The van der Waals surface area contributed by atoms with Gasteiger partial charge < -0.3 is 14.5 Å². The van der Waals surface area contributed by atoms with E-state index in [1.54, 1.807) is 6.92 Å². The van der Waals surface area contributed by atoms with Crippen molar-refractivity contribution in [1.29, 1.82) is 0 Å². The number of rotatable bonds is 3. The summed E-state index contributed by atoms with van der Waals surface area (Å²) >= 11 is 0. The van der Waals surface area contributed by atoms with Gasteiger partial charge in [-0.25, -0.2) is 4.79 Å². The minimum absolute atomic E-state index is 0.158. The maximum Gasteiger partial charge on any atom is 0.410 e. The molecule has 2 amide bonds. The highest BCUT2D eigenvalue weighted by Crippen LogP contribution is 2.18. The van der Waals surface area contributed by atoms with Gasteiger partial charge in [-0.2, -0.15) is 0 Å². The summed E-state index contributed by atoms with van der Waals surface area (Å²) in [6.07, 6.45) is 1.94. The third-order valence-electron chi connectivity index (χ3n) is 3.20. The van der Waals surface area contributed by atoms with Crippen LogP contribution in [0.25, 0.3) is 0 Å². The van der Waals surface area contributed by atoms with Crippen LogP contribution in [0.1, 0.15) is 31.0 Å². The second-order valence-electron chi connectivity index (χ2n) is 4.61. The topological polar surface area (TPSA) is 97.6 Å². The molecule has 0 spiro atoms. The zero-order valence-corrected chi connectivity index (χ0v) is 11.6. The van der Waals surface area contributed by atoms with Crippen molar-refractivity contribution >= 4 is 12.0 Å². The molecule has 1 saturated heterocycles. The number of ether oxygens (including phenoxy) is 1. The molecular weight excluding hydrogens is 264 g/mol. The summed E-state index contributed by atoms with van der Waals surface area (Å²) in [5.74, 6) is 0.560. The van der Waals surface area contributed by atoms with Crippen molar-refractivity contribution in [3.8, 4) is 0 Å². The van der Waals surface area contributed by atoms with E-state index in [9.17, 15) is 9.59 Å². The van der Waals surface area contributed by atoms with Gasteiger partial charge in [-0.1, -0.05) is 0 Å². The van der Waals surface area contributed by atoms with Gasteiger partial charge in [0, 0.05) is 13.5 Å². The number of carbonyl (C=O) groups excluding carboxylic acids is 2. The van der Waals surface area contributed by atoms with Crippen LogP contribution < -0.4 is 5.32 Å². The van der Waals surface area contributed by atoms with E-state index >= 15 is 0 Å². The van der Waals surface area contributed by atoms with Crippen molar-refractivity contribution < 1.29 is 18.7 Å². The number of carbonyl (C=O) groups is 2. The molecule has 2 rings (SSSR count). The number of aromatic nitrogens is 2. The summed E-state index contributed by atoms with van der Waals surface area (Å²) in [4.78, 5) is 25.3. The highest BCUT2D eigenvalue weighted by molar-refractivity contribution is 5.85. The summed E-state index contributed by atoms with van der Waals surface area (Å²) in [7, 11) is 1.31. The molecule has 2 heterocycles. The number of aryl methyl sites for hydroxylation is 1. The highest BCUT2D eigenvalue weighted by Gasteiger charge is 2.32. The summed E-state index contributed by atoms with van der Waals surface area (Å²) < 4.78 is 9.88. The fourth-order valence-electron chi connectivity index (χ4n) is 2.23. The molecule has 1 N–H and O–H groups in total. The molecule has 110 valence electrons. The predicted molar refractivity (Wildman–Crippen MR) is 67.6 cm³/mol. The van der Waals surface area contributed by atoms with Crippen molar-refractivity contribution in [2.45, 2.75) is 38.8 Å². The lowest BCUT2D eigenvalue weighted by Crippen LogP contribution is -2.51. The average Bonchev–Trinajstić information content (AvgIpc) is 2.89. The molecule has 0 unspecified atom stereocenters. The minimum atomic E-state index is -0.500. The first kappa shape index (κ1) is 14.3. The molecular formula is C12H18N4O4. The first-order chi connectivity index (χ1) is 9.61. The van der Waals surface area contributed by atoms with Gasteiger partial charge in [0.25, 0.3) is 0 Å². The third-order valence-corrected chi connectivity index (χ3v) is 3.20. The van der Waals surface area contributed by atoms with Crippen LogP contribution in [0, 0.1) is 6.92 Å². The molecule has 0 aliphatic carbocycles. The van der Waals surface area contributed by atoms with E-state index in [1.165, 1.54) is 12.0 Å². The Kier molecular flexibility index (Phi) is 4.54. The van der Waals surface area contributed by atoms with Gasteiger partial charge in [-0.3, -0.25) is 9.69 Å². The maximum absolute atomic E-state index is 12.2. The largest absolute Gasteiger partial charge is 0.453 e. The van der Waals surface area contributed by atoms with Crippen molar-refractivity contribution in [3.05, 3.63) is 11.8 Å². The van der Waals surface area contributed by atoms with Crippen LogP contribution in [0.4, 0.5) is 4.79 Å². The van der Waals surface area contributed by atoms with Gasteiger partial charge in [0.05, 0.1) is 13.7 Å². The number of nitrogens with zero attached hydrogens (tertiary/aromatic N) is 3. The first-order valence-corrected chi connectivity index (χ1v) is 6.53. The summed E-state index contributed by atoms with van der Waals surface area (Å²) in [6.45, 7) is 2.37. The second-order valence-corrected chi connectivity index (χ2v) is 4.61. The Hall–Kier alpha value is -2.12. The Morgan fingerprint density at radius 2 is 2.25 bits per heavy atom. The molecule has 1 fully saturated rings. The van der Waals surface area contributed by atoms with Crippen LogP contribution in [-0.2, 0) is 16.1 Å². The van der Waals surface area contributed by atoms with E-state index in [0.717, 1.165) is 12.8 Å². The van der Waals surface area contributed by atoms with Gasteiger partial charge in [0.15, 0.2) is 0 Å². The Balaban J connectivity index is 1.93. The van der Waals surface area contributed by atoms with Crippen LogP contribution in [0.15, 0.2) is 4.42 Å². The molecule has 0 aromatic carbocycles. The number of likely N-dealkylation sites (tertiary alicyclic amines) is 1. The molecule has 1 aliphatic heterocycles. The molecule has 8 nitrogen and oxygen atoms in total. The van der Waals surface area contributed by atoms with Gasteiger partial charge >= 0.3 is 6.09 Å². The van der Waals surface area contributed by atoms with Crippen molar-refractivity contribution in [3.63, 3.8) is 0 Å². The standard InChI is InChI=1S/C12H18N4O4/c1-8-14-15-10(20-8)7-13-11(17)9-5-3-4-6-16(9)12(18)19-2/h9H,3-7H2,1-2H3,(H,13,17)/t9-/m0/s1. The average molecular weight is 282 g/mol. The fourth-order valence-corrected chi connectivity index (χ4v) is 2.23. The highest BCUT2D eigenvalue weighted by atomic mass is 16.5. The SMILES string of the molecule is COC(=O)N1CCCC[C@H]1C(=O)NCc1nnc(C)o1. The Labute approximate surface area is 116 Å². The van der Waals surface area contributed by atoms with Crippen molar-refractivity contribution in [2.75, 3.05) is 13.7 Å². The van der Waals surface area contributed by atoms with E-state index < -0.39 is 12.1 Å². The number of hydrogen-bond acceptors (Lipinski definition) is 6. The smallest absolute Gasteiger partial charge is 0.410 e. The maximum atomic E-state index is 12.2. The van der Waals surface area contributed by atoms with Gasteiger partial charge in [-0.05, 0) is 19.3 Å². The monoisotopic (exact) mass is 282 g/mol. The molecule has 20 heavy (non-hydrogen) atoms. The van der Waals surface area contributed by atoms with Gasteiger partial charge in [0.1, 0.15) is 6.04 Å². The third kappa shape index (κ3) is 3.25. The molecule has 0 radical (unpaired) electrons. The lowest BCUT2D eigenvalue weighted by Gasteiger charge is -2.33. The van der Waals surface area contributed by atoms with Gasteiger partial charge in [-0.15, -0.1) is 10.2 Å². The normalized spacial score (nSPS) is 18.7. The zero-order chi connectivity index (χ0) is 14.5. The summed E-state index contributed by atoms with van der Waals surface area (Å²) in [5.41, 5.74) is 0. The van der Waals surface area contributed by atoms with Gasteiger partial charge in [0.2, 0.25) is 17.7 Å². The number of nitrogens with one attached hydrogen (secondary N) is 1. The van der Waals surface area contributed by atoms with Crippen LogP contribution in [-0.4, -0.2) is 46.8 Å². The van der Waals surface area contributed by atoms with Crippen molar-refractivity contribution in [2.24, 2.45) is 0 Å². The summed E-state index contributed by atoms with van der Waals surface area (Å²) in [5, 5.41) is 10.2. The fraction of sp³-hybridized carbons (Fsp3) is 0.667. The quantitative estimate of drug-likeness (QED) is 0.872. The number of piperidine rings is 1. The Bertz CT molecular complexity index is 488. The molecule has 0 saturated carbocycles. The number of hydrogen-bond donors (Lipinski definition) is 1. The lowest BCUT2D eigenvalue weighted by molar-refractivity contribution is -0.127. The van der Waals surface area contributed by atoms with Crippen LogP contribution in [0.2, 0.25) is 0 Å². The number of amides is 2. The van der Waals surface area contributed by atoms with E-state index in [0.29, 0.717) is 24.7 Å². The second kappa shape index (κ2) is 6.36. The minimum Gasteiger partial charge on any atom is -0.453 e. The van der Waals surface area contributed by atoms with Crippen molar-refractivity contribution in [1.82, 2.24) is 20.4 Å². The molecule has 1 aromatic heterocycles. The number of methoxy groups -OCH3 is 1. The molecule has 1 aromatic rings. The first-order valence-electron chi connectivity index (χ1n) is 6.53. The molecule has 1 atom stereocenters. The molecule has 1 aliphatic rings. The van der Waals surface area contributed by atoms with E-state index in [1.807, 2.05) is 0 Å².